The third-order valence-corrected chi connectivity index (χ3v) is 3.67. The Morgan fingerprint density at radius 2 is 2.25 bits per heavy atom. The molecule has 2 unspecified atom stereocenters. The summed E-state index contributed by atoms with van der Waals surface area (Å²) in [5, 5.41) is 18.7. The Hall–Kier alpha value is -2.05. The molecule has 2 amide bonds. The van der Waals surface area contributed by atoms with Gasteiger partial charge in [0.25, 0.3) is 0 Å². The van der Waals surface area contributed by atoms with Crippen molar-refractivity contribution < 1.29 is 14.7 Å². The van der Waals surface area contributed by atoms with E-state index in [1.54, 1.807) is 4.68 Å². The summed E-state index contributed by atoms with van der Waals surface area (Å²) in [4.78, 5) is 22.6. The molecule has 1 saturated carbocycles. The number of urea groups is 1. The number of hydrogen-bond donors (Lipinski definition) is 3. The number of aromatic nitrogens is 2. The number of carboxylic acids is 1. The number of amides is 2. The quantitative estimate of drug-likeness (QED) is 0.759. The lowest BCUT2D eigenvalue weighted by Gasteiger charge is -2.13. The second kappa shape index (κ2) is 5.94. The van der Waals surface area contributed by atoms with Crippen molar-refractivity contribution in [3.05, 3.63) is 17.5 Å². The molecule has 0 aromatic carbocycles. The molecule has 0 bridgehead atoms. The fraction of sp³-hybridized carbons (Fsp3) is 0.615. The highest BCUT2D eigenvalue weighted by atomic mass is 16.4. The molecule has 1 aromatic rings. The van der Waals surface area contributed by atoms with E-state index in [4.69, 9.17) is 5.11 Å². The van der Waals surface area contributed by atoms with Gasteiger partial charge in [0.2, 0.25) is 0 Å². The van der Waals surface area contributed by atoms with Crippen molar-refractivity contribution in [1.29, 1.82) is 0 Å². The molecule has 1 fully saturated rings. The molecule has 7 heteroatoms. The van der Waals surface area contributed by atoms with Crippen molar-refractivity contribution in [2.24, 2.45) is 13.0 Å². The third kappa shape index (κ3) is 3.49. The van der Waals surface area contributed by atoms with Crippen LogP contribution >= 0.6 is 0 Å². The molecule has 20 heavy (non-hydrogen) atoms. The van der Waals surface area contributed by atoms with E-state index in [0.29, 0.717) is 19.4 Å². The largest absolute Gasteiger partial charge is 0.481 e. The Balaban J connectivity index is 1.76. The normalized spacial score (nSPS) is 21.7. The first-order valence-corrected chi connectivity index (χ1v) is 6.72. The number of carboxylic acid groups (broad SMARTS) is 1. The smallest absolute Gasteiger partial charge is 0.315 e. The topological polar surface area (TPSA) is 96.3 Å². The molecule has 0 radical (unpaired) electrons. The molecule has 2 atom stereocenters. The summed E-state index contributed by atoms with van der Waals surface area (Å²) in [6.07, 6.45) is 3.72. The van der Waals surface area contributed by atoms with E-state index >= 15 is 0 Å². The summed E-state index contributed by atoms with van der Waals surface area (Å²) in [7, 11) is 1.83. The minimum absolute atomic E-state index is 0.0499. The monoisotopic (exact) mass is 280 g/mol. The van der Waals surface area contributed by atoms with Crippen molar-refractivity contribution in [2.45, 2.75) is 38.8 Å². The predicted octanol–water partition coefficient (Wildman–Crippen LogP) is 0.781. The molecular weight excluding hydrogens is 260 g/mol. The molecule has 3 N–H and O–H groups in total. The van der Waals surface area contributed by atoms with Gasteiger partial charge in [0, 0.05) is 31.4 Å². The summed E-state index contributed by atoms with van der Waals surface area (Å²) < 4.78 is 1.71. The molecule has 110 valence electrons. The van der Waals surface area contributed by atoms with Gasteiger partial charge >= 0.3 is 12.0 Å². The van der Waals surface area contributed by atoms with Gasteiger partial charge in [-0.05, 0) is 26.2 Å². The van der Waals surface area contributed by atoms with Gasteiger partial charge in [-0.1, -0.05) is 0 Å². The number of aryl methyl sites for hydroxylation is 2. The summed E-state index contributed by atoms with van der Waals surface area (Å²) in [5.74, 6) is -1.11. The zero-order chi connectivity index (χ0) is 14.7. The van der Waals surface area contributed by atoms with E-state index in [1.807, 2.05) is 20.2 Å². The predicted molar refractivity (Wildman–Crippen MR) is 72.1 cm³/mol. The van der Waals surface area contributed by atoms with Crippen LogP contribution in [0.3, 0.4) is 0 Å². The first kappa shape index (κ1) is 14.4. The van der Waals surface area contributed by atoms with Crippen molar-refractivity contribution in [3.63, 3.8) is 0 Å². The highest BCUT2D eigenvalue weighted by molar-refractivity contribution is 5.75. The number of nitrogens with zero attached hydrogens (tertiary/aromatic N) is 2. The highest BCUT2D eigenvalue weighted by Gasteiger charge is 2.30. The van der Waals surface area contributed by atoms with Crippen LogP contribution in [0.1, 0.15) is 30.5 Å². The van der Waals surface area contributed by atoms with Gasteiger partial charge in [0.05, 0.1) is 11.6 Å². The third-order valence-electron chi connectivity index (χ3n) is 3.67. The standard InChI is InChI=1S/C13H20N4O3/c1-8-10(7-17(2)16-8)6-14-13(20)15-11-4-3-9(5-11)12(18)19/h7,9,11H,3-6H2,1-2H3,(H,18,19)(H2,14,15,20). The molecule has 0 aliphatic heterocycles. The summed E-state index contributed by atoms with van der Waals surface area (Å²) in [5.41, 5.74) is 1.86. The van der Waals surface area contributed by atoms with E-state index in [1.165, 1.54) is 0 Å². The molecule has 1 aliphatic rings. The van der Waals surface area contributed by atoms with Crippen molar-refractivity contribution in [2.75, 3.05) is 0 Å². The average molecular weight is 280 g/mol. The van der Waals surface area contributed by atoms with E-state index in [9.17, 15) is 9.59 Å². The number of rotatable bonds is 4. The van der Waals surface area contributed by atoms with Gasteiger partial charge < -0.3 is 15.7 Å². The fourth-order valence-corrected chi connectivity index (χ4v) is 2.57. The molecule has 7 nitrogen and oxygen atoms in total. The Labute approximate surface area is 117 Å². The Morgan fingerprint density at radius 3 is 2.80 bits per heavy atom. The van der Waals surface area contributed by atoms with Gasteiger partial charge in [-0.3, -0.25) is 9.48 Å². The second-order valence-electron chi connectivity index (χ2n) is 5.29. The minimum Gasteiger partial charge on any atom is -0.481 e. The molecule has 1 heterocycles. The Kier molecular flexibility index (Phi) is 4.26. The van der Waals surface area contributed by atoms with Crippen LogP contribution in [0.15, 0.2) is 6.20 Å². The van der Waals surface area contributed by atoms with Gasteiger partial charge in [-0.25, -0.2) is 4.79 Å². The number of carbonyl (C=O) groups excluding carboxylic acids is 1. The van der Waals surface area contributed by atoms with Gasteiger partial charge in [-0.2, -0.15) is 5.10 Å². The summed E-state index contributed by atoms with van der Waals surface area (Å²) in [6.45, 7) is 2.31. The van der Waals surface area contributed by atoms with Crippen LogP contribution in [0.25, 0.3) is 0 Å². The van der Waals surface area contributed by atoms with Crippen LogP contribution in [0, 0.1) is 12.8 Å². The van der Waals surface area contributed by atoms with E-state index in [0.717, 1.165) is 17.7 Å². The SMILES string of the molecule is Cc1nn(C)cc1CNC(=O)NC1CCC(C(=O)O)C1. The van der Waals surface area contributed by atoms with E-state index < -0.39 is 5.97 Å². The Bertz CT molecular complexity index is 512. The number of carbonyl (C=O) groups is 2. The zero-order valence-electron chi connectivity index (χ0n) is 11.7. The molecule has 1 aliphatic carbocycles. The maximum absolute atomic E-state index is 11.8. The number of hydrogen-bond acceptors (Lipinski definition) is 3. The van der Waals surface area contributed by atoms with Crippen LogP contribution < -0.4 is 10.6 Å². The lowest BCUT2D eigenvalue weighted by molar-refractivity contribution is -0.141. The van der Waals surface area contributed by atoms with Gasteiger partial charge in [0.1, 0.15) is 0 Å². The lowest BCUT2D eigenvalue weighted by atomic mass is 10.1. The minimum atomic E-state index is -0.777. The van der Waals surface area contributed by atoms with Gasteiger partial charge in [0.15, 0.2) is 0 Å². The van der Waals surface area contributed by atoms with Gasteiger partial charge in [-0.15, -0.1) is 0 Å². The molecule has 0 saturated heterocycles. The van der Waals surface area contributed by atoms with E-state index in [2.05, 4.69) is 15.7 Å². The van der Waals surface area contributed by atoms with Crippen LogP contribution in [0.4, 0.5) is 4.79 Å². The van der Waals surface area contributed by atoms with Crippen LogP contribution in [-0.4, -0.2) is 32.9 Å². The second-order valence-corrected chi connectivity index (χ2v) is 5.29. The fourth-order valence-electron chi connectivity index (χ4n) is 2.57. The van der Waals surface area contributed by atoms with Crippen molar-refractivity contribution >= 4 is 12.0 Å². The molecular formula is C13H20N4O3. The van der Waals surface area contributed by atoms with Crippen molar-refractivity contribution in [1.82, 2.24) is 20.4 Å². The number of nitrogens with one attached hydrogen (secondary N) is 2. The Morgan fingerprint density at radius 1 is 1.50 bits per heavy atom. The highest BCUT2D eigenvalue weighted by Crippen LogP contribution is 2.25. The lowest BCUT2D eigenvalue weighted by Crippen LogP contribution is -2.40. The maximum Gasteiger partial charge on any atom is 0.315 e. The molecule has 2 rings (SSSR count). The summed E-state index contributed by atoms with van der Waals surface area (Å²) in [6, 6.07) is -0.310. The maximum atomic E-state index is 11.8. The van der Waals surface area contributed by atoms with Crippen molar-refractivity contribution in [3.8, 4) is 0 Å². The zero-order valence-corrected chi connectivity index (χ0v) is 11.7. The van der Waals surface area contributed by atoms with E-state index in [-0.39, 0.29) is 18.0 Å². The summed E-state index contributed by atoms with van der Waals surface area (Å²) >= 11 is 0. The van der Waals surface area contributed by atoms with Crippen LogP contribution in [-0.2, 0) is 18.4 Å². The first-order valence-electron chi connectivity index (χ1n) is 6.72. The van der Waals surface area contributed by atoms with Crippen LogP contribution in [0.5, 0.6) is 0 Å². The molecule has 1 aromatic heterocycles. The first-order chi connectivity index (χ1) is 9.45. The van der Waals surface area contributed by atoms with Crippen LogP contribution in [0.2, 0.25) is 0 Å². The average Bonchev–Trinajstić information content (AvgIpc) is 2.94. The number of aliphatic carboxylic acids is 1. The molecule has 0 spiro atoms.